The zero-order valence-electron chi connectivity index (χ0n) is 12.9. The number of anilines is 1. The van der Waals surface area contributed by atoms with Crippen molar-refractivity contribution in [1.29, 1.82) is 0 Å². The minimum absolute atomic E-state index is 0.154. The van der Waals surface area contributed by atoms with Crippen molar-refractivity contribution in [3.8, 4) is 0 Å². The summed E-state index contributed by atoms with van der Waals surface area (Å²) in [6.45, 7) is 1.77. The van der Waals surface area contributed by atoms with Gasteiger partial charge in [0, 0.05) is 5.69 Å². The Morgan fingerprint density at radius 2 is 1.83 bits per heavy atom. The van der Waals surface area contributed by atoms with Gasteiger partial charge in [-0.25, -0.2) is 4.39 Å². The van der Waals surface area contributed by atoms with Crippen molar-refractivity contribution < 1.29 is 14.0 Å². The van der Waals surface area contributed by atoms with E-state index in [0.29, 0.717) is 12.1 Å². The monoisotopic (exact) mass is 314 g/mol. The fraction of sp³-hybridized carbons (Fsp3) is 0.222. The van der Waals surface area contributed by atoms with Gasteiger partial charge in [-0.1, -0.05) is 43.3 Å². The Kier molecular flexibility index (Phi) is 5.86. The predicted octanol–water partition coefficient (Wildman–Crippen LogP) is 3.07. The molecule has 2 amide bonds. The molecule has 0 spiro atoms. The lowest BCUT2D eigenvalue weighted by atomic mass is 9.96. The van der Waals surface area contributed by atoms with Crippen LogP contribution in [-0.4, -0.2) is 18.4 Å². The Hall–Kier alpha value is -2.69. The molecule has 1 atom stereocenters. The maximum absolute atomic E-state index is 13.0. The van der Waals surface area contributed by atoms with Crippen LogP contribution in [0.4, 0.5) is 10.1 Å². The first-order chi connectivity index (χ1) is 11.1. The Labute approximate surface area is 134 Å². The van der Waals surface area contributed by atoms with Gasteiger partial charge in [0.25, 0.3) is 0 Å². The second kappa shape index (κ2) is 8.08. The predicted molar refractivity (Wildman–Crippen MR) is 87.5 cm³/mol. The van der Waals surface area contributed by atoms with Gasteiger partial charge in [0.15, 0.2) is 0 Å². The number of carbonyl (C=O) groups excluding carboxylic acids is 2. The summed E-state index contributed by atoms with van der Waals surface area (Å²) in [5.41, 5.74) is 1.28. The molecule has 0 bridgehead atoms. The molecule has 1 unspecified atom stereocenters. The van der Waals surface area contributed by atoms with Crippen molar-refractivity contribution in [2.75, 3.05) is 11.9 Å². The lowest BCUT2D eigenvalue weighted by molar-refractivity contribution is -0.125. The van der Waals surface area contributed by atoms with E-state index in [4.69, 9.17) is 0 Å². The van der Waals surface area contributed by atoms with Gasteiger partial charge in [-0.3, -0.25) is 9.59 Å². The van der Waals surface area contributed by atoms with Crippen molar-refractivity contribution in [1.82, 2.24) is 5.32 Å². The average Bonchev–Trinajstić information content (AvgIpc) is 2.55. The molecule has 5 heteroatoms. The van der Waals surface area contributed by atoms with Crippen LogP contribution >= 0.6 is 0 Å². The summed E-state index contributed by atoms with van der Waals surface area (Å²) in [4.78, 5) is 24.1. The molecular formula is C18H19FN2O2. The van der Waals surface area contributed by atoms with Gasteiger partial charge in [-0.2, -0.15) is 0 Å². The van der Waals surface area contributed by atoms with Crippen molar-refractivity contribution in [3.63, 3.8) is 0 Å². The van der Waals surface area contributed by atoms with E-state index in [0.717, 1.165) is 5.56 Å². The van der Waals surface area contributed by atoms with Crippen LogP contribution in [0.3, 0.4) is 0 Å². The van der Waals surface area contributed by atoms with Gasteiger partial charge >= 0.3 is 0 Å². The molecule has 0 aromatic heterocycles. The molecule has 2 rings (SSSR count). The summed E-state index contributed by atoms with van der Waals surface area (Å²) in [5, 5.41) is 5.16. The molecule has 0 heterocycles. The van der Waals surface area contributed by atoms with Crippen LogP contribution in [0.2, 0.25) is 0 Å². The van der Waals surface area contributed by atoms with Crippen LogP contribution < -0.4 is 10.6 Å². The van der Waals surface area contributed by atoms with Gasteiger partial charge < -0.3 is 10.6 Å². The minimum Gasteiger partial charge on any atom is -0.346 e. The summed E-state index contributed by atoms with van der Waals surface area (Å²) in [5.74, 6) is -1.32. The summed E-state index contributed by atoms with van der Waals surface area (Å²) < 4.78 is 13.0. The third-order valence-corrected chi connectivity index (χ3v) is 3.46. The molecule has 0 saturated heterocycles. The Balaban J connectivity index is 1.89. The molecule has 2 aromatic rings. The lowest BCUT2D eigenvalue weighted by Gasteiger charge is -2.15. The SMILES string of the molecule is CCC(C(=O)NCC(=O)Nc1cccc(F)c1)c1ccccc1. The van der Waals surface area contributed by atoms with Crippen molar-refractivity contribution >= 4 is 17.5 Å². The van der Waals surface area contributed by atoms with Crippen molar-refractivity contribution in [3.05, 3.63) is 66.0 Å². The highest BCUT2D eigenvalue weighted by Crippen LogP contribution is 2.19. The van der Waals surface area contributed by atoms with Gasteiger partial charge in [0.2, 0.25) is 11.8 Å². The number of benzene rings is 2. The van der Waals surface area contributed by atoms with E-state index in [1.165, 1.54) is 18.2 Å². The number of amides is 2. The van der Waals surface area contributed by atoms with E-state index < -0.39 is 11.7 Å². The number of rotatable bonds is 6. The van der Waals surface area contributed by atoms with E-state index in [9.17, 15) is 14.0 Å². The first-order valence-electron chi connectivity index (χ1n) is 7.48. The van der Waals surface area contributed by atoms with E-state index in [-0.39, 0.29) is 18.4 Å². The molecule has 23 heavy (non-hydrogen) atoms. The summed E-state index contributed by atoms with van der Waals surface area (Å²) in [6.07, 6.45) is 0.640. The van der Waals surface area contributed by atoms with Crippen LogP contribution in [0.15, 0.2) is 54.6 Å². The highest BCUT2D eigenvalue weighted by atomic mass is 19.1. The van der Waals surface area contributed by atoms with Gasteiger partial charge in [0.05, 0.1) is 12.5 Å². The third-order valence-electron chi connectivity index (χ3n) is 3.46. The first-order valence-corrected chi connectivity index (χ1v) is 7.48. The molecule has 0 aliphatic heterocycles. The number of halogens is 1. The van der Waals surface area contributed by atoms with E-state index in [1.54, 1.807) is 6.07 Å². The van der Waals surface area contributed by atoms with Crippen LogP contribution in [0, 0.1) is 5.82 Å². The number of hydrogen-bond donors (Lipinski definition) is 2. The second-order valence-electron chi connectivity index (χ2n) is 5.15. The van der Waals surface area contributed by atoms with Crippen LogP contribution in [0.5, 0.6) is 0 Å². The summed E-state index contributed by atoms with van der Waals surface area (Å²) in [6, 6.07) is 15.0. The third kappa shape index (κ3) is 4.92. The van der Waals surface area contributed by atoms with Crippen LogP contribution in [-0.2, 0) is 9.59 Å². The van der Waals surface area contributed by atoms with Gasteiger partial charge in [-0.15, -0.1) is 0 Å². The van der Waals surface area contributed by atoms with Crippen molar-refractivity contribution in [2.45, 2.75) is 19.3 Å². The average molecular weight is 314 g/mol. The zero-order valence-corrected chi connectivity index (χ0v) is 12.9. The van der Waals surface area contributed by atoms with Crippen molar-refractivity contribution in [2.24, 2.45) is 0 Å². The van der Waals surface area contributed by atoms with E-state index in [2.05, 4.69) is 10.6 Å². The van der Waals surface area contributed by atoms with Crippen LogP contribution in [0.25, 0.3) is 0 Å². The topological polar surface area (TPSA) is 58.2 Å². The molecule has 2 N–H and O–H groups in total. The summed E-state index contributed by atoms with van der Waals surface area (Å²) in [7, 11) is 0. The normalized spacial score (nSPS) is 11.6. The molecule has 0 radical (unpaired) electrons. The first kappa shape index (κ1) is 16.7. The zero-order chi connectivity index (χ0) is 16.7. The number of hydrogen-bond acceptors (Lipinski definition) is 2. The molecule has 0 aliphatic rings. The largest absolute Gasteiger partial charge is 0.346 e. The highest BCUT2D eigenvalue weighted by molar-refractivity contribution is 5.95. The quantitative estimate of drug-likeness (QED) is 0.861. The van der Waals surface area contributed by atoms with E-state index >= 15 is 0 Å². The number of carbonyl (C=O) groups is 2. The van der Waals surface area contributed by atoms with Gasteiger partial charge in [0.1, 0.15) is 5.82 Å². The van der Waals surface area contributed by atoms with Crippen LogP contribution in [0.1, 0.15) is 24.8 Å². The van der Waals surface area contributed by atoms with Gasteiger partial charge in [-0.05, 0) is 30.2 Å². The molecule has 120 valence electrons. The lowest BCUT2D eigenvalue weighted by Crippen LogP contribution is -2.35. The minimum atomic E-state index is -0.429. The maximum Gasteiger partial charge on any atom is 0.243 e. The van der Waals surface area contributed by atoms with E-state index in [1.807, 2.05) is 37.3 Å². The fourth-order valence-electron chi connectivity index (χ4n) is 2.32. The standard InChI is InChI=1S/C18H19FN2O2/c1-2-16(13-7-4-3-5-8-13)18(23)20-12-17(22)21-15-10-6-9-14(19)11-15/h3-11,16H,2,12H2,1H3,(H,20,23)(H,21,22). The maximum atomic E-state index is 13.0. The Morgan fingerprint density at radius 1 is 1.09 bits per heavy atom. The molecular weight excluding hydrogens is 295 g/mol. The Morgan fingerprint density at radius 3 is 2.48 bits per heavy atom. The highest BCUT2D eigenvalue weighted by Gasteiger charge is 2.18. The fourth-order valence-corrected chi connectivity index (χ4v) is 2.32. The smallest absolute Gasteiger partial charge is 0.243 e. The molecule has 2 aromatic carbocycles. The molecule has 0 aliphatic carbocycles. The number of nitrogens with one attached hydrogen (secondary N) is 2. The molecule has 0 saturated carbocycles. The Bertz CT molecular complexity index is 674. The summed E-state index contributed by atoms with van der Waals surface area (Å²) >= 11 is 0. The molecule has 4 nitrogen and oxygen atoms in total. The second-order valence-corrected chi connectivity index (χ2v) is 5.15. The molecule has 0 fully saturated rings.